The van der Waals surface area contributed by atoms with Gasteiger partial charge in [-0.15, -0.1) is 0 Å². The molecule has 2 aliphatic heterocycles. The summed E-state index contributed by atoms with van der Waals surface area (Å²) in [5.74, 6) is 0.124. The van der Waals surface area contributed by atoms with Gasteiger partial charge in [0, 0.05) is 12.0 Å². The van der Waals surface area contributed by atoms with Gasteiger partial charge < -0.3 is 4.74 Å². The van der Waals surface area contributed by atoms with E-state index in [-0.39, 0.29) is 18.1 Å². The number of hydrogen-bond acceptors (Lipinski definition) is 2. The molecule has 0 aromatic heterocycles. The summed E-state index contributed by atoms with van der Waals surface area (Å²) in [6.45, 7) is 0.407. The van der Waals surface area contributed by atoms with Crippen LogP contribution in [0.5, 0.6) is 0 Å². The lowest BCUT2D eigenvalue weighted by Crippen LogP contribution is -2.43. The van der Waals surface area contributed by atoms with Crippen molar-refractivity contribution in [1.29, 1.82) is 0 Å². The van der Waals surface area contributed by atoms with Crippen LogP contribution in [0.3, 0.4) is 0 Å². The van der Waals surface area contributed by atoms with Crippen molar-refractivity contribution in [2.75, 3.05) is 6.61 Å². The van der Waals surface area contributed by atoms with Crippen molar-refractivity contribution < 1.29 is 9.53 Å². The van der Waals surface area contributed by atoms with Crippen molar-refractivity contribution in [3.63, 3.8) is 0 Å². The van der Waals surface area contributed by atoms with Crippen LogP contribution in [0.4, 0.5) is 4.79 Å². The Kier molecular flexibility index (Phi) is 4.29. The number of carbonyl (C=O) groups is 1. The van der Waals surface area contributed by atoms with Crippen LogP contribution in [-0.2, 0) is 4.74 Å². The van der Waals surface area contributed by atoms with Crippen molar-refractivity contribution >= 4 is 6.09 Å². The lowest BCUT2D eigenvalue weighted by Gasteiger charge is -2.34. The van der Waals surface area contributed by atoms with E-state index in [1.165, 1.54) is 52.7 Å². The molecule has 2 aromatic rings. The van der Waals surface area contributed by atoms with E-state index < -0.39 is 0 Å². The molecule has 2 aromatic carbocycles. The molecule has 1 fully saturated rings. The molecule has 2 unspecified atom stereocenters. The highest BCUT2D eigenvalue weighted by atomic mass is 16.6. The first kappa shape index (κ1) is 18.0. The van der Waals surface area contributed by atoms with Crippen molar-refractivity contribution in [1.82, 2.24) is 4.90 Å². The van der Waals surface area contributed by atoms with E-state index in [1.807, 2.05) is 4.90 Å². The highest BCUT2D eigenvalue weighted by Crippen LogP contribution is 2.45. The third kappa shape index (κ3) is 2.83. The predicted octanol–water partition coefficient (Wildman–Crippen LogP) is 6.21. The molecule has 2 aliphatic carbocycles. The maximum Gasteiger partial charge on any atom is 0.410 e. The fourth-order valence-electron chi connectivity index (χ4n) is 5.98. The third-order valence-corrected chi connectivity index (χ3v) is 7.40. The number of nitrogens with zero attached hydrogens (tertiary/aromatic N) is 1. The fourth-order valence-corrected chi connectivity index (χ4v) is 5.98. The average molecular weight is 398 g/mol. The first-order valence-corrected chi connectivity index (χ1v) is 11.3. The molecule has 2 heterocycles. The summed E-state index contributed by atoms with van der Waals surface area (Å²) in [5.41, 5.74) is 8.09. The van der Waals surface area contributed by atoms with E-state index >= 15 is 0 Å². The summed E-state index contributed by atoms with van der Waals surface area (Å²) >= 11 is 0. The van der Waals surface area contributed by atoms with Gasteiger partial charge >= 0.3 is 6.09 Å². The molecule has 4 aliphatic rings. The van der Waals surface area contributed by atoms with Crippen molar-refractivity contribution in [2.24, 2.45) is 0 Å². The molecule has 6 rings (SSSR count). The van der Waals surface area contributed by atoms with Crippen LogP contribution < -0.4 is 0 Å². The molecule has 0 radical (unpaired) electrons. The summed E-state index contributed by atoms with van der Waals surface area (Å²) in [7, 11) is 0. The summed E-state index contributed by atoms with van der Waals surface area (Å²) in [4.78, 5) is 15.1. The van der Waals surface area contributed by atoms with Crippen LogP contribution >= 0.6 is 0 Å². The Morgan fingerprint density at radius 1 is 0.967 bits per heavy atom. The third-order valence-electron chi connectivity index (χ3n) is 7.40. The van der Waals surface area contributed by atoms with E-state index in [4.69, 9.17) is 4.74 Å². The second-order valence-corrected chi connectivity index (χ2v) is 9.03. The highest BCUT2D eigenvalue weighted by molar-refractivity contribution is 5.79. The maximum atomic E-state index is 13.1. The van der Waals surface area contributed by atoms with Gasteiger partial charge in [0.2, 0.25) is 0 Å². The van der Waals surface area contributed by atoms with E-state index in [0.29, 0.717) is 12.6 Å². The zero-order valence-corrected chi connectivity index (χ0v) is 17.2. The lowest BCUT2D eigenvalue weighted by molar-refractivity contribution is 0.0852. The minimum absolute atomic E-state index is 0.124. The van der Waals surface area contributed by atoms with Crippen molar-refractivity contribution in [3.8, 4) is 11.1 Å². The number of benzene rings is 2. The van der Waals surface area contributed by atoms with Crippen molar-refractivity contribution in [2.45, 2.75) is 56.5 Å². The van der Waals surface area contributed by atoms with Crippen LogP contribution in [0.1, 0.15) is 55.6 Å². The Balaban J connectivity index is 1.20. The van der Waals surface area contributed by atoms with Gasteiger partial charge in [-0.25, -0.2) is 4.79 Å². The number of fused-ring (bicyclic) bond motifs is 5. The summed E-state index contributed by atoms with van der Waals surface area (Å²) < 4.78 is 5.96. The normalized spacial score (nSPS) is 24.3. The molecule has 2 bridgehead atoms. The quantitative estimate of drug-likeness (QED) is 0.616. The van der Waals surface area contributed by atoms with Gasteiger partial charge in [0.15, 0.2) is 0 Å². The monoisotopic (exact) mass is 397 g/mol. The Labute approximate surface area is 178 Å². The maximum absolute atomic E-state index is 13.1. The van der Waals surface area contributed by atoms with Gasteiger partial charge in [-0.2, -0.15) is 0 Å². The molecule has 2 atom stereocenters. The fraction of sp³-hybridized carbons (Fsp3) is 0.370. The van der Waals surface area contributed by atoms with Gasteiger partial charge in [-0.05, 0) is 71.9 Å². The number of hydrogen-bond donors (Lipinski definition) is 0. The molecular weight excluding hydrogens is 370 g/mol. The number of carbonyl (C=O) groups excluding carboxylic acids is 1. The average Bonchev–Trinajstić information content (AvgIpc) is 3.48. The Hall–Kier alpha value is -2.81. The van der Waals surface area contributed by atoms with Gasteiger partial charge in [0.1, 0.15) is 6.61 Å². The van der Waals surface area contributed by atoms with Crippen LogP contribution in [-0.4, -0.2) is 29.7 Å². The van der Waals surface area contributed by atoms with Crippen LogP contribution in [0, 0.1) is 0 Å². The Bertz CT molecular complexity index is 1020. The number of rotatable bonds is 3. The molecule has 0 N–H and O–H groups in total. The first-order valence-electron chi connectivity index (χ1n) is 11.3. The zero-order valence-electron chi connectivity index (χ0n) is 17.2. The van der Waals surface area contributed by atoms with Crippen LogP contribution in [0.25, 0.3) is 11.1 Å². The zero-order chi connectivity index (χ0) is 20.1. The van der Waals surface area contributed by atoms with Gasteiger partial charge in [-0.1, -0.05) is 60.7 Å². The molecule has 30 heavy (non-hydrogen) atoms. The van der Waals surface area contributed by atoms with E-state index in [2.05, 4.69) is 60.7 Å². The topological polar surface area (TPSA) is 29.5 Å². The van der Waals surface area contributed by atoms with E-state index in [1.54, 1.807) is 0 Å². The first-order chi connectivity index (χ1) is 14.8. The smallest absolute Gasteiger partial charge is 0.410 e. The van der Waals surface area contributed by atoms with Crippen LogP contribution in [0.2, 0.25) is 0 Å². The molecule has 0 spiro atoms. The molecule has 152 valence electrons. The minimum atomic E-state index is -0.139. The predicted molar refractivity (Wildman–Crippen MR) is 118 cm³/mol. The molecule has 3 nitrogen and oxygen atoms in total. The molecule has 1 amide bonds. The van der Waals surface area contributed by atoms with Gasteiger partial charge in [0.25, 0.3) is 0 Å². The van der Waals surface area contributed by atoms with Gasteiger partial charge in [0.05, 0.1) is 6.04 Å². The standard InChI is InChI=1S/C27H27NO2/c29-27(28-20-13-14-21(28)16-19(15-20)18-7-1-2-8-18)30-17-26-24-11-5-3-9-22(24)23-10-4-6-12-25(23)26/h3-7,9-12,15,20-21,26H,1-2,8,13-14,16-17H2. The summed E-state index contributed by atoms with van der Waals surface area (Å²) in [6, 6.07) is 17.5. The minimum Gasteiger partial charge on any atom is -0.448 e. The Morgan fingerprint density at radius 2 is 1.70 bits per heavy atom. The summed E-state index contributed by atoms with van der Waals surface area (Å²) in [5, 5.41) is 0. The number of amides is 1. The molecular formula is C27H27NO2. The molecule has 0 saturated carbocycles. The van der Waals surface area contributed by atoms with Crippen LogP contribution in [0.15, 0.2) is 71.8 Å². The van der Waals surface area contributed by atoms with E-state index in [9.17, 15) is 4.79 Å². The molecule has 1 saturated heterocycles. The number of ether oxygens (including phenoxy) is 1. The molecule has 3 heteroatoms. The largest absolute Gasteiger partial charge is 0.448 e. The second kappa shape index (κ2) is 7.16. The second-order valence-electron chi connectivity index (χ2n) is 9.03. The van der Waals surface area contributed by atoms with Crippen molar-refractivity contribution in [3.05, 3.63) is 83.0 Å². The SMILES string of the molecule is O=C(OCC1c2ccccc2-c2ccccc21)N1C2C=C(C3=CCCC3)CC1CC2. The summed E-state index contributed by atoms with van der Waals surface area (Å²) in [6.07, 6.45) is 11.4. The lowest BCUT2D eigenvalue weighted by atomic mass is 9.94. The van der Waals surface area contributed by atoms with E-state index in [0.717, 1.165) is 19.3 Å². The Morgan fingerprint density at radius 3 is 2.37 bits per heavy atom. The number of allylic oxidation sites excluding steroid dienone is 2. The van der Waals surface area contributed by atoms with Gasteiger partial charge in [-0.3, -0.25) is 4.90 Å². The highest BCUT2D eigenvalue weighted by Gasteiger charge is 2.41.